The Morgan fingerprint density at radius 2 is 2.30 bits per heavy atom. The molecule has 27 heavy (non-hydrogen) atoms. The van der Waals surface area contributed by atoms with Crippen molar-refractivity contribution < 1.29 is 4.74 Å². The molecule has 3 saturated heterocycles. The molecule has 3 heterocycles. The van der Waals surface area contributed by atoms with Gasteiger partial charge in [0.15, 0.2) is 5.96 Å². The van der Waals surface area contributed by atoms with Gasteiger partial charge in [0.05, 0.1) is 6.61 Å². The van der Waals surface area contributed by atoms with E-state index in [0.29, 0.717) is 11.3 Å². The quantitative estimate of drug-likeness (QED) is 0.582. The molecule has 2 atom stereocenters. The van der Waals surface area contributed by atoms with Gasteiger partial charge in [-0.1, -0.05) is 22.0 Å². The van der Waals surface area contributed by atoms with Crippen LogP contribution in [0, 0.1) is 11.3 Å². The second kappa shape index (κ2) is 8.39. The molecule has 0 amide bonds. The van der Waals surface area contributed by atoms with Gasteiger partial charge in [-0.3, -0.25) is 4.99 Å². The molecule has 3 aliphatic heterocycles. The summed E-state index contributed by atoms with van der Waals surface area (Å²) in [5.41, 5.74) is 1.69. The number of benzene rings is 1. The molecule has 0 aliphatic carbocycles. The van der Waals surface area contributed by atoms with Crippen LogP contribution in [-0.4, -0.2) is 63.3 Å². The number of rotatable bonds is 4. The van der Waals surface area contributed by atoms with Crippen LogP contribution in [0.1, 0.15) is 26.2 Å². The number of hydrogen-bond acceptors (Lipinski definition) is 3. The molecule has 0 radical (unpaired) electrons. The summed E-state index contributed by atoms with van der Waals surface area (Å²) < 4.78 is 6.83. The van der Waals surface area contributed by atoms with E-state index in [2.05, 4.69) is 62.2 Å². The van der Waals surface area contributed by atoms with E-state index < -0.39 is 0 Å². The minimum atomic E-state index is 0.376. The number of nitrogens with one attached hydrogen (secondary N) is 1. The Morgan fingerprint density at radius 3 is 3.07 bits per heavy atom. The van der Waals surface area contributed by atoms with E-state index in [1.54, 1.807) is 0 Å². The minimum absolute atomic E-state index is 0.376. The first kappa shape index (κ1) is 19.1. The molecule has 3 fully saturated rings. The van der Waals surface area contributed by atoms with Gasteiger partial charge in [0.2, 0.25) is 0 Å². The highest BCUT2D eigenvalue weighted by molar-refractivity contribution is 9.10. The van der Waals surface area contributed by atoms with E-state index in [1.807, 2.05) is 0 Å². The van der Waals surface area contributed by atoms with Crippen LogP contribution in [-0.2, 0) is 4.74 Å². The number of guanidine groups is 1. The number of hydrogen-bond donors (Lipinski definition) is 1. The molecule has 2 unspecified atom stereocenters. The van der Waals surface area contributed by atoms with Gasteiger partial charge < -0.3 is 19.9 Å². The molecule has 1 aromatic carbocycles. The predicted molar refractivity (Wildman–Crippen MR) is 114 cm³/mol. The average molecular weight is 435 g/mol. The lowest BCUT2D eigenvalue weighted by Crippen LogP contribution is -2.41. The van der Waals surface area contributed by atoms with Crippen LogP contribution in [0.15, 0.2) is 33.7 Å². The first-order valence-corrected chi connectivity index (χ1v) is 11.1. The zero-order valence-corrected chi connectivity index (χ0v) is 17.9. The van der Waals surface area contributed by atoms with Crippen LogP contribution in [0.25, 0.3) is 0 Å². The Hall–Kier alpha value is -1.27. The lowest BCUT2D eigenvalue weighted by atomic mass is 9.87. The van der Waals surface area contributed by atoms with Gasteiger partial charge >= 0.3 is 0 Å². The number of anilines is 1. The highest BCUT2D eigenvalue weighted by atomic mass is 79.9. The van der Waals surface area contributed by atoms with Crippen LogP contribution < -0.4 is 10.2 Å². The third kappa shape index (κ3) is 4.43. The summed E-state index contributed by atoms with van der Waals surface area (Å²) in [5.74, 6) is 1.73. The van der Waals surface area contributed by atoms with Gasteiger partial charge in [-0.15, -0.1) is 0 Å². The van der Waals surface area contributed by atoms with E-state index in [1.165, 1.54) is 24.9 Å². The average Bonchev–Trinajstić information content (AvgIpc) is 3.41. The smallest absolute Gasteiger partial charge is 0.193 e. The van der Waals surface area contributed by atoms with Crippen LogP contribution in [0.5, 0.6) is 0 Å². The molecule has 4 rings (SSSR count). The van der Waals surface area contributed by atoms with Crippen molar-refractivity contribution in [2.24, 2.45) is 16.3 Å². The van der Waals surface area contributed by atoms with Crippen molar-refractivity contribution in [3.63, 3.8) is 0 Å². The Morgan fingerprint density at radius 1 is 1.37 bits per heavy atom. The highest BCUT2D eigenvalue weighted by Crippen LogP contribution is 2.38. The SMILES string of the molecule is CCNC(=NCC1CCN(c2cccc(Br)c2)C1)N1CCC2(CCOC2)C1. The number of ether oxygens (including phenoxy) is 1. The summed E-state index contributed by atoms with van der Waals surface area (Å²) in [7, 11) is 0. The fourth-order valence-electron chi connectivity index (χ4n) is 4.62. The fourth-order valence-corrected chi connectivity index (χ4v) is 5.00. The highest BCUT2D eigenvalue weighted by Gasteiger charge is 2.42. The maximum atomic E-state index is 5.68. The normalized spacial score (nSPS) is 28.5. The number of likely N-dealkylation sites (tertiary alicyclic amines) is 1. The predicted octanol–water partition coefficient (Wildman–Crippen LogP) is 3.35. The molecule has 6 heteroatoms. The largest absolute Gasteiger partial charge is 0.381 e. The Bertz CT molecular complexity index is 674. The molecule has 0 saturated carbocycles. The van der Waals surface area contributed by atoms with E-state index >= 15 is 0 Å². The zero-order valence-electron chi connectivity index (χ0n) is 16.3. The lowest BCUT2D eigenvalue weighted by Gasteiger charge is -2.25. The van der Waals surface area contributed by atoms with E-state index in [9.17, 15) is 0 Å². The van der Waals surface area contributed by atoms with Crippen molar-refractivity contribution in [1.29, 1.82) is 0 Å². The fraction of sp³-hybridized carbons (Fsp3) is 0.667. The summed E-state index contributed by atoms with van der Waals surface area (Å²) in [6.45, 7) is 10.2. The second-order valence-electron chi connectivity index (χ2n) is 8.25. The standard InChI is InChI=1S/C21H31BrN4O/c1-2-23-20(26-10-7-21(15-26)8-11-27-16-21)24-13-17-6-9-25(14-17)19-5-3-4-18(22)12-19/h3-5,12,17H,2,6-11,13-16H2,1H3,(H,23,24). The Labute approximate surface area is 171 Å². The van der Waals surface area contributed by atoms with Gasteiger partial charge in [-0.25, -0.2) is 0 Å². The van der Waals surface area contributed by atoms with Crippen LogP contribution >= 0.6 is 15.9 Å². The zero-order chi connectivity index (χ0) is 18.7. The van der Waals surface area contributed by atoms with Gasteiger partial charge in [0, 0.05) is 61.5 Å². The molecular formula is C21H31BrN4O. The van der Waals surface area contributed by atoms with Crippen molar-refractivity contribution in [2.45, 2.75) is 26.2 Å². The maximum absolute atomic E-state index is 5.68. The summed E-state index contributed by atoms with van der Waals surface area (Å²) in [6.07, 6.45) is 3.65. The molecule has 5 nitrogen and oxygen atoms in total. The van der Waals surface area contributed by atoms with Crippen molar-refractivity contribution >= 4 is 27.6 Å². The molecule has 0 aromatic heterocycles. The molecule has 148 valence electrons. The van der Waals surface area contributed by atoms with Crippen molar-refractivity contribution in [2.75, 3.05) is 57.4 Å². The van der Waals surface area contributed by atoms with Gasteiger partial charge in [0.25, 0.3) is 0 Å². The van der Waals surface area contributed by atoms with E-state index in [0.717, 1.165) is 62.9 Å². The van der Waals surface area contributed by atoms with Crippen molar-refractivity contribution in [3.05, 3.63) is 28.7 Å². The number of nitrogens with zero attached hydrogens (tertiary/aromatic N) is 3. The third-order valence-electron chi connectivity index (χ3n) is 6.22. The first-order valence-electron chi connectivity index (χ1n) is 10.3. The van der Waals surface area contributed by atoms with Gasteiger partial charge in [-0.2, -0.15) is 0 Å². The van der Waals surface area contributed by atoms with E-state index in [4.69, 9.17) is 9.73 Å². The maximum Gasteiger partial charge on any atom is 0.193 e. The monoisotopic (exact) mass is 434 g/mol. The van der Waals surface area contributed by atoms with Crippen LogP contribution in [0.2, 0.25) is 0 Å². The van der Waals surface area contributed by atoms with Crippen molar-refractivity contribution in [3.8, 4) is 0 Å². The van der Waals surface area contributed by atoms with E-state index in [-0.39, 0.29) is 0 Å². The van der Waals surface area contributed by atoms with Crippen LogP contribution in [0.4, 0.5) is 5.69 Å². The summed E-state index contributed by atoms with van der Waals surface area (Å²) >= 11 is 3.58. The second-order valence-corrected chi connectivity index (χ2v) is 9.17. The molecule has 1 N–H and O–H groups in total. The first-order chi connectivity index (χ1) is 13.2. The van der Waals surface area contributed by atoms with Gasteiger partial charge in [0.1, 0.15) is 0 Å². The molecule has 0 bridgehead atoms. The summed E-state index contributed by atoms with van der Waals surface area (Å²) in [5, 5.41) is 3.52. The topological polar surface area (TPSA) is 40.1 Å². The molecular weight excluding hydrogens is 404 g/mol. The third-order valence-corrected chi connectivity index (χ3v) is 6.71. The molecule has 3 aliphatic rings. The molecule has 1 aromatic rings. The van der Waals surface area contributed by atoms with Crippen molar-refractivity contribution in [1.82, 2.24) is 10.2 Å². The summed E-state index contributed by atoms with van der Waals surface area (Å²) in [6, 6.07) is 8.61. The molecule has 1 spiro atoms. The number of aliphatic imine (C=N–C) groups is 1. The lowest BCUT2D eigenvalue weighted by molar-refractivity contribution is 0.156. The Kier molecular flexibility index (Phi) is 5.93. The Balaban J connectivity index is 1.35. The van der Waals surface area contributed by atoms with Gasteiger partial charge in [-0.05, 0) is 50.3 Å². The van der Waals surface area contributed by atoms with Crippen LogP contribution in [0.3, 0.4) is 0 Å². The minimum Gasteiger partial charge on any atom is -0.381 e. The number of halogens is 1. The summed E-state index contributed by atoms with van der Waals surface area (Å²) in [4.78, 5) is 9.97.